The topological polar surface area (TPSA) is 32.3 Å². The van der Waals surface area contributed by atoms with Crippen molar-refractivity contribution in [2.45, 2.75) is 64.5 Å². The zero-order valence-electron chi connectivity index (χ0n) is 13.3. The molecular formula is C18H29NO. The lowest BCUT2D eigenvalue weighted by Gasteiger charge is -2.25. The van der Waals surface area contributed by atoms with E-state index in [1.807, 2.05) is 0 Å². The highest BCUT2D eigenvalue weighted by Crippen LogP contribution is 2.28. The van der Waals surface area contributed by atoms with Crippen molar-refractivity contribution in [2.24, 2.45) is 5.92 Å². The lowest BCUT2D eigenvalue weighted by Crippen LogP contribution is -2.35. The number of hydrogen-bond acceptors (Lipinski definition) is 2. The maximum atomic E-state index is 9.41. The van der Waals surface area contributed by atoms with Gasteiger partial charge in [-0.25, -0.2) is 0 Å². The Bertz CT molecular complexity index is 418. The van der Waals surface area contributed by atoms with Gasteiger partial charge in [0.15, 0.2) is 0 Å². The van der Waals surface area contributed by atoms with E-state index in [-0.39, 0.29) is 5.41 Å². The van der Waals surface area contributed by atoms with Crippen LogP contribution in [0.25, 0.3) is 0 Å². The van der Waals surface area contributed by atoms with E-state index in [0.717, 1.165) is 6.42 Å². The average Bonchev–Trinajstić information content (AvgIpc) is 2.85. The van der Waals surface area contributed by atoms with Crippen molar-refractivity contribution in [1.29, 1.82) is 0 Å². The molecule has 20 heavy (non-hydrogen) atoms. The second-order valence-electron chi connectivity index (χ2n) is 7.24. The zero-order valence-corrected chi connectivity index (χ0v) is 13.3. The second-order valence-corrected chi connectivity index (χ2v) is 7.24. The summed E-state index contributed by atoms with van der Waals surface area (Å²) in [6, 6.07) is 9.78. The number of hydrogen-bond donors (Lipinski definition) is 2. The molecule has 1 aromatic carbocycles. The van der Waals surface area contributed by atoms with Crippen molar-refractivity contribution in [3.8, 4) is 0 Å². The normalized spacial score (nSPS) is 24.9. The Labute approximate surface area is 123 Å². The molecule has 0 aromatic heterocycles. The molecule has 0 amide bonds. The largest absolute Gasteiger partial charge is 0.396 e. The van der Waals surface area contributed by atoms with Crippen molar-refractivity contribution < 1.29 is 5.11 Å². The Morgan fingerprint density at radius 2 is 1.85 bits per heavy atom. The quantitative estimate of drug-likeness (QED) is 0.876. The highest BCUT2D eigenvalue weighted by molar-refractivity contribution is 5.29. The third-order valence-corrected chi connectivity index (χ3v) is 4.63. The molecular weight excluding hydrogens is 246 g/mol. The Morgan fingerprint density at radius 1 is 1.20 bits per heavy atom. The summed E-state index contributed by atoms with van der Waals surface area (Å²) in [5, 5.41) is 13.1. The monoisotopic (exact) mass is 275 g/mol. The van der Waals surface area contributed by atoms with E-state index in [4.69, 9.17) is 0 Å². The van der Waals surface area contributed by atoms with Gasteiger partial charge in [0.05, 0.1) is 0 Å². The van der Waals surface area contributed by atoms with Crippen LogP contribution in [0.2, 0.25) is 0 Å². The molecule has 0 aliphatic heterocycles. The zero-order chi connectivity index (χ0) is 14.8. The lowest BCUT2D eigenvalue weighted by atomic mass is 9.86. The Morgan fingerprint density at radius 3 is 2.40 bits per heavy atom. The van der Waals surface area contributed by atoms with Gasteiger partial charge in [-0.1, -0.05) is 51.5 Å². The van der Waals surface area contributed by atoms with Gasteiger partial charge in [0.25, 0.3) is 0 Å². The van der Waals surface area contributed by atoms with Gasteiger partial charge in [-0.3, -0.25) is 0 Å². The number of aliphatic hydroxyl groups is 1. The minimum absolute atomic E-state index is 0.211. The molecule has 1 aliphatic rings. The molecule has 0 saturated heterocycles. The summed E-state index contributed by atoms with van der Waals surface area (Å²) in [4.78, 5) is 0. The van der Waals surface area contributed by atoms with Gasteiger partial charge < -0.3 is 10.4 Å². The van der Waals surface area contributed by atoms with Gasteiger partial charge in [0, 0.05) is 18.7 Å². The van der Waals surface area contributed by atoms with Crippen LogP contribution in [0.3, 0.4) is 0 Å². The molecule has 0 bridgehead atoms. The predicted molar refractivity (Wildman–Crippen MR) is 84.9 cm³/mol. The number of aliphatic hydroxyl groups excluding tert-OH is 1. The minimum atomic E-state index is 0.211. The van der Waals surface area contributed by atoms with Crippen molar-refractivity contribution in [3.05, 3.63) is 35.4 Å². The first-order valence-electron chi connectivity index (χ1n) is 7.89. The molecule has 0 radical (unpaired) electrons. The lowest BCUT2D eigenvalue weighted by molar-refractivity contribution is 0.200. The van der Waals surface area contributed by atoms with Crippen LogP contribution in [0.1, 0.15) is 64.1 Å². The van der Waals surface area contributed by atoms with Crippen molar-refractivity contribution in [2.75, 3.05) is 6.61 Å². The van der Waals surface area contributed by atoms with Crippen LogP contribution < -0.4 is 5.32 Å². The van der Waals surface area contributed by atoms with E-state index >= 15 is 0 Å². The fourth-order valence-corrected chi connectivity index (χ4v) is 3.16. The molecule has 1 aromatic rings. The highest BCUT2D eigenvalue weighted by atomic mass is 16.3. The van der Waals surface area contributed by atoms with Gasteiger partial charge in [0.2, 0.25) is 0 Å². The fourth-order valence-electron chi connectivity index (χ4n) is 3.16. The van der Waals surface area contributed by atoms with E-state index in [2.05, 4.69) is 57.3 Å². The number of rotatable bonds is 4. The second kappa shape index (κ2) is 6.28. The molecule has 0 spiro atoms. The van der Waals surface area contributed by atoms with Gasteiger partial charge in [-0.2, -0.15) is 0 Å². The molecule has 1 saturated carbocycles. The third kappa shape index (κ3) is 3.62. The Balaban J connectivity index is 2.00. The summed E-state index contributed by atoms with van der Waals surface area (Å²) in [6.45, 7) is 9.27. The standard InChI is InChI=1S/C18H29NO/c1-13(19-17-7-5-6-15(17)12-20)14-8-10-16(11-9-14)18(2,3)4/h8-11,13,15,17,19-20H,5-7,12H2,1-4H3. The summed E-state index contributed by atoms with van der Waals surface area (Å²) >= 11 is 0. The molecule has 1 fully saturated rings. The predicted octanol–water partition coefficient (Wildman–Crippen LogP) is 3.80. The molecule has 3 atom stereocenters. The van der Waals surface area contributed by atoms with Crippen LogP contribution >= 0.6 is 0 Å². The number of nitrogens with one attached hydrogen (secondary N) is 1. The van der Waals surface area contributed by atoms with Gasteiger partial charge in [0.1, 0.15) is 0 Å². The van der Waals surface area contributed by atoms with Gasteiger partial charge >= 0.3 is 0 Å². The van der Waals surface area contributed by atoms with Crippen LogP contribution in [0.5, 0.6) is 0 Å². The third-order valence-electron chi connectivity index (χ3n) is 4.63. The average molecular weight is 275 g/mol. The Kier molecular flexibility index (Phi) is 4.87. The van der Waals surface area contributed by atoms with Crippen LogP contribution in [0.4, 0.5) is 0 Å². The van der Waals surface area contributed by atoms with Gasteiger partial charge in [-0.15, -0.1) is 0 Å². The van der Waals surface area contributed by atoms with Crippen molar-refractivity contribution in [1.82, 2.24) is 5.32 Å². The SMILES string of the molecule is CC(NC1CCCC1CO)c1ccc(C(C)(C)C)cc1. The maximum absolute atomic E-state index is 9.41. The van der Waals surface area contributed by atoms with E-state index in [9.17, 15) is 5.11 Å². The Hall–Kier alpha value is -0.860. The van der Waals surface area contributed by atoms with E-state index in [0.29, 0.717) is 24.6 Å². The van der Waals surface area contributed by atoms with E-state index in [1.165, 1.54) is 24.0 Å². The van der Waals surface area contributed by atoms with Crippen LogP contribution in [-0.4, -0.2) is 17.8 Å². The number of benzene rings is 1. The molecule has 2 heteroatoms. The molecule has 112 valence electrons. The maximum Gasteiger partial charge on any atom is 0.0474 e. The summed E-state index contributed by atoms with van der Waals surface area (Å²) in [7, 11) is 0. The summed E-state index contributed by atoms with van der Waals surface area (Å²) < 4.78 is 0. The van der Waals surface area contributed by atoms with Crippen LogP contribution in [0.15, 0.2) is 24.3 Å². The summed E-state index contributed by atoms with van der Waals surface area (Å²) in [5.74, 6) is 0.436. The molecule has 2 nitrogen and oxygen atoms in total. The molecule has 0 heterocycles. The van der Waals surface area contributed by atoms with E-state index < -0.39 is 0 Å². The first-order valence-corrected chi connectivity index (χ1v) is 7.89. The molecule has 2 rings (SSSR count). The molecule has 2 N–H and O–H groups in total. The highest BCUT2D eigenvalue weighted by Gasteiger charge is 2.27. The van der Waals surface area contributed by atoms with Crippen LogP contribution in [-0.2, 0) is 5.41 Å². The summed E-state index contributed by atoms with van der Waals surface area (Å²) in [6.07, 6.45) is 3.58. The first-order chi connectivity index (χ1) is 9.41. The van der Waals surface area contributed by atoms with Crippen molar-refractivity contribution in [3.63, 3.8) is 0 Å². The van der Waals surface area contributed by atoms with E-state index in [1.54, 1.807) is 0 Å². The molecule has 1 aliphatic carbocycles. The first kappa shape index (κ1) is 15.5. The molecule has 3 unspecified atom stereocenters. The van der Waals surface area contributed by atoms with Crippen molar-refractivity contribution >= 4 is 0 Å². The van der Waals surface area contributed by atoms with Gasteiger partial charge in [-0.05, 0) is 42.2 Å². The fraction of sp³-hybridized carbons (Fsp3) is 0.667. The minimum Gasteiger partial charge on any atom is -0.396 e. The summed E-state index contributed by atoms with van der Waals surface area (Å²) in [5.41, 5.74) is 2.92. The smallest absolute Gasteiger partial charge is 0.0474 e. The van der Waals surface area contributed by atoms with Crippen LogP contribution in [0, 0.1) is 5.92 Å².